The lowest BCUT2D eigenvalue weighted by Gasteiger charge is -2.09. The van der Waals surface area contributed by atoms with Gasteiger partial charge >= 0.3 is 0 Å². The van der Waals surface area contributed by atoms with Gasteiger partial charge in [0.25, 0.3) is 5.91 Å². The molecule has 1 amide bonds. The first-order valence-electron chi connectivity index (χ1n) is 9.91. The van der Waals surface area contributed by atoms with Crippen molar-refractivity contribution >= 4 is 34.6 Å². The van der Waals surface area contributed by atoms with Gasteiger partial charge in [-0.15, -0.1) is 11.8 Å². The molecule has 4 rings (SSSR count). The van der Waals surface area contributed by atoms with E-state index in [4.69, 9.17) is 5.21 Å². The van der Waals surface area contributed by atoms with Crippen LogP contribution < -0.4 is 10.8 Å². The molecule has 1 aromatic heterocycles. The number of hydrogen-bond donors (Lipinski definition) is 4. The highest BCUT2D eigenvalue weighted by atomic mass is 32.2. The first-order chi connectivity index (χ1) is 14.2. The zero-order valence-electron chi connectivity index (χ0n) is 16.2. The molecule has 0 aliphatic carbocycles. The Balaban J connectivity index is 1.28. The Hall–Kier alpha value is -2.54. The first-order valence-corrected chi connectivity index (χ1v) is 10.9. The monoisotopic (exact) mass is 407 g/mol. The number of amides is 1. The Morgan fingerprint density at radius 2 is 2.00 bits per heavy atom. The number of fused-ring (bicyclic) bond motifs is 3. The van der Waals surface area contributed by atoms with Crippen molar-refractivity contribution in [3.8, 4) is 0 Å². The van der Waals surface area contributed by atoms with Gasteiger partial charge in [0, 0.05) is 34.1 Å². The van der Waals surface area contributed by atoms with Crippen LogP contribution in [0.5, 0.6) is 0 Å². The minimum absolute atomic E-state index is 0.535. The van der Waals surface area contributed by atoms with Crippen molar-refractivity contribution in [3.05, 3.63) is 70.9 Å². The normalized spacial score (nSPS) is 13.7. The van der Waals surface area contributed by atoms with Crippen LogP contribution in [0.4, 0.5) is 0 Å². The Morgan fingerprint density at radius 1 is 1.17 bits per heavy atom. The van der Waals surface area contributed by atoms with Crippen LogP contribution in [-0.2, 0) is 24.2 Å². The maximum atomic E-state index is 11.0. The summed E-state index contributed by atoms with van der Waals surface area (Å²) in [4.78, 5) is 16.1. The van der Waals surface area contributed by atoms with E-state index >= 15 is 0 Å². The molecule has 2 aromatic carbocycles. The Bertz CT molecular complexity index is 1020. The van der Waals surface area contributed by atoms with Gasteiger partial charge < -0.3 is 10.3 Å². The summed E-state index contributed by atoms with van der Waals surface area (Å²) in [5, 5.41) is 13.4. The number of carbonyl (C=O) groups excluding carboxylic acids is 1. The molecular weight excluding hydrogens is 382 g/mol. The number of benzene rings is 2. The van der Waals surface area contributed by atoms with E-state index in [1.807, 2.05) is 36.0 Å². The van der Waals surface area contributed by atoms with E-state index in [-0.39, 0.29) is 0 Å². The fourth-order valence-electron chi connectivity index (χ4n) is 3.62. The van der Waals surface area contributed by atoms with Gasteiger partial charge in [0.2, 0.25) is 0 Å². The molecule has 0 radical (unpaired) electrons. The average molecular weight is 408 g/mol. The molecule has 150 valence electrons. The Labute approximate surface area is 174 Å². The van der Waals surface area contributed by atoms with Crippen molar-refractivity contribution in [3.63, 3.8) is 0 Å². The van der Waals surface area contributed by atoms with Gasteiger partial charge in [-0.25, -0.2) is 5.48 Å². The molecular formula is C23H25N3O2S. The van der Waals surface area contributed by atoms with E-state index in [1.54, 1.807) is 11.6 Å². The molecule has 0 atom stereocenters. The van der Waals surface area contributed by atoms with Gasteiger partial charge in [-0.3, -0.25) is 10.0 Å². The summed E-state index contributed by atoms with van der Waals surface area (Å²) >= 11 is 1.98. The zero-order valence-corrected chi connectivity index (χ0v) is 17.0. The van der Waals surface area contributed by atoms with Crippen LogP contribution in [-0.4, -0.2) is 28.4 Å². The van der Waals surface area contributed by atoms with Gasteiger partial charge in [0.1, 0.15) is 0 Å². The van der Waals surface area contributed by atoms with Gasteiger partial charge in [0.15, 0.2) is 0 Å². The molecule has 3 aromatic rings. The fourth-order valence-corrected chi connectivity index (χ4v) is 4.77. The second-order valence-corrected chi connectivity index (χ2v) is 8.35. The molecule has 0 saturated heterocycles. The third-order valence-corrected chi connectivity index (χ3v) is 6.39. The topological polar surface area (TPSA) is 77.2 Å². The second-order valence-electron chi connectivity index (χ2n) is 7.24. The predicted molar refractivity (Wildman–Crippen MR) is 118 cm³/mol. The van der Waals surface area contributed by atoms with E-state index in [9.17, 15) is 4.79 Å². The van der Waals surface area contributed by atoms with Crippen LogP contribution >= 0.6 is 11.8 Å². The predicted octanol–water partition coefficient (Wildman–Crippen LogP) is 4.06. The van der Waals surface area contributed by atoms with Crippen molar-refractivity contribution in [1.82, 2.24) is 15.8 Å². The number of H-pyrrole nitrogens is 1. The van der Waals surface area contributed by atoms with Crippen molar-refractivity contribution < 1.29 is 10.0 Å². The molecule has 6 heteroatoms. The first kappa shape index (κ1) is 19.8. The molecule has 0 bridgehead atoms. The number of nitrogens with one attached hydrogen (secondary N) is 3. The molecule has 5 nitrogen and oxygen atoms in total. The van der Waals surface area contributed by atoms with E-state index in [2.05, 4.69) is 28.5 Å². The van der Waals surface area contributed by atoms with Crippen molar-refractivity contribution in [1.29, 1.82) is 0 Å². The van der Waals surface area contributed by atoms with E-state index in [0.717, 1.165) is 31.5 Å². The van der Waals surface area contributed by atoms with Crippen LogP contribution in [0, 0.1) is 0 Å². The fraction of sp³-hybridized carbons (Fsp3) is 0.261. The number of aromatic amines is 1. The lowest BCUT2D eigenvalue weighted by Crippen LogP contribution is -2.16. The summed E-state index contributed by atoms with van der Waals surface area (Å²) in [7, 11) is 0. The number of hydrogen-bond acceptors (Lipinski definition) is 4. The van der Waals surface area contributed by atoms with Crippen LogP contribution in [0.25, 0.3) is 17.0 Å². The van der Waals surface area contributed by atoms with E-state index < -0.39 is 5.91 Å². The number of hydroxylamine groups is 1. The molecule has 4 N–H and O–H groups in total. The smallest absolute Gasteiger partial charge is 0.267 e. The van der Waals surface area contributed by atoms with Crippen molar-refractivity contribution in [2.75, 3.05) is 12.3 Å². The largest absolute Gasteiger partial charge is 0.357 e. The lowest BCUT2D eigenvalue weighted by atomic mass is 10.1. The van der Waals surface area contributed by atoms with Crippen molar-refractivity contribution in [2.24, 2.45) is 0 Å². The summed E-state index contributed by atoms with van der Waals surface area (Å²) in [6.45, 7) is 1.72. The highest BCUT2D eigenvalue weighted by Gasteiger charge is 2.15. The molecule has 1 aliphatic heterocycles. The number of aromatic nitrogens is 1. The summed E-state index contributed by atoms with van der Waals surface area (Å²) < 4.78 is 0. The minimum Gasteiger partial charge on any atom is -0.357 e. The van der Waals surface area contributed by atoms with Gasteiger partial charge in [0.05, 0.1) is 0 Å². The standard InChI is InChI=1S/C23H25N3O2S/c27-22(26-28)10-8-16-3-5-18(6-4-16)15-24-12-11-17-7-9-19-21(14-17)25-20-2-1-13-29-23(19)20/h3-10,14,24-25,28H,1-2,11-13,15H2,(H,26,27)/b10-8+. The lowest BCUT2D eigenvalue weighted by molar-refractivity contribution is -0.124. The molecule has 0 saturated carbocycles. The Morgan fingerprint density at radius 3 is 2.83 bits per heavy atom. The maximum Gasteiger partial charge on any atom is 0.267 e. The van der Waals surface area contributed by atoms with Gasteiger partial charge in [-0.2, -0.15) is 0 Å². The van der Waals surface area contributed by atoms with Crippen LogP contribution in [0.1, 0.15) is 28.8 Å². The molecule has 2 heterocycles. The second kappa shape index (κ2) is 9.31. The third-order valence-electron chi connectivity index (χ3n) is 5.14. The minimum atomic E-state index is -0.535. The number of thioether (sulfide) groups is 1. The van der Waals surface area contributed by atoms with Crippen LogP contribution in [0.2, 0.25) is 0 Å². The summed E-state index contributed by atoms with van der Waals surface area (Å²) in [5.74, 6) is 0.688. The van der Waals surface area contributed by atoms with Gasteiger partial charge in [-0.1, -0.05) is 36.4 Å². The molecule has 1 aliphatic rings. The highest BCUT2D eigenvalue weighted by molar-refractivity contribution is 7.99. The molecule has 0 unspecified atom stereocenters. The molecule has 0 spiro atoms. The van der Waals surface area contributed by atoms with E-state index in [0.29, 0.717) is 0 Å². The third kappa shape index (κ3) is 4.90. The van der Waals surface area contributed by atoms with E-state index in [1.165, 1.54) is 50.9 Å². The summed E-state index contributed by atoms with van der Waals surface area (Å²) in [6.07, 6.45) is 6.37. The Kier molecular flexibility index (Phi) is 6.34. The average Bonchev–Trinajstić information content (AvgIpc) is 3.13. The van der Waals surface area contributed by atoms with Gasteiger partial charge in [-0.05, 0) is 60.4 Å². The SMILES string of the molecule is O=C(/C=C/c1ccc(CNCCc2ccc3c4c([nH]c3c2)CCCS4)cc1)NO. The highest BCUT2D eigenvalue weighted by Crippen LogP contribution is 2.36. The number of aryl methyl sites for hydroxylation is 1. The molecule has 0 fully saturated rings. The number of rotatable bonds is 7. The summed E-state index contributed by atoms with van der Waals surface area (Å²) in [5.41, 5.74) is 7.70. The van der Waals surface area contributed by atoms with Crippen LogP contribution in [0.3, 0.4) is 0 Å². The molecule has 29 heavy (non-hydrogen) atoms. The summed E-state index contributed by atoms with van der Waals surface area (Å²) in [6, 6.07) is 14.8. The van der Waals surface area contributed by atoms with Crippen molar-refractivity contribution in [2.45, 2.75) is 30.7 Å². The number of carbonyl (C=O) groups is 1. The quantitative estimate of drug-likeness (QED) is 0.206. The zero-order chi connectivity index (χ0) is 20.1. The van der Waals surface area contributed by atoms with Crippen LogP contribution in [0.15, 0.2) is 53.4 Å². The maximum absolute atomic E-state index is 11.0.